The molecule has 0 aromatic heterocycles. The Kier molecular flexibility index (Phi) is 3.33. The van der Waals surface area contributed by atoms with Crippen LogP contribution in [-0.2, 0) is 6.42 Å². The van der Waals surface area contributed by atoms with Gasteiger partial charge in [0.05, 0.1) is 0 Å². The van der Waals surface area contributed by atoms with Gasteiger partial charge in [-0.1, -0.05) is 24.3 Å². The summed E-state index contributed by atoms with van der Waals surface area (Å²) in [5, 5.41) is 0. The first kappa shape index (κ1) is 11.5. The Labute approximate surface area is 103 Å². The van der Waals surface area contributed by atoms with Crippen molar-refractivity contribution in [3.8, 4) is 0 Å². The van der Waals surface area contributed by atoms with E-state index < -0.39 is 0 Å². The van der Waals surface area contributed by atoms with Crippen LogP contribution >= 0.6 is 0 Å². The van der Waals surface area contributed by atoms with Crippen molar-refractivity contribution in [2.24, 2.45) is 0 Å². The zero-order chi connectivity index (χ0) is 12.3. The van der Waals surface area contributed by atoms with Crippen molar-refractivity contribution < 1.29 is 0 Å². The largest absolute Gasteiger partial charge is 0.399 e. The molecule has 2 rings (SSSR count). The first-order chi connectivity index (χ1) is 8.15. The van der Waals surface area contributed by atoms with E-state index in [-0.39, 0.29) is 0 Å². The monoisotopic (exact) mass is 226 g/mol. The van der Waals surface area contributed by atoms with Gasteiger partial charge in [-0.3, -0.25) is 0 Å². The zero-order valence-corrected chi connectivity index (χ0v) is 10.4. The van der Waals surface area contributed by atoms with Gasteiger partial charge in [0.25, 0.3) is 0 Å². The molecule has 0 spiro atoms. The van der Waals surface area contributed by atoms with Gasteiger partial charge in [0, 0.05) is 25.5 Å². The Morgan fingerprint density at radius 1 is 0.941 bits per heavy atom. The highest BCUT2D eigenvalue weighted by Gasteiger charge is 1.99. The Hall–Kier alpha value is -1.96. The number of nitrogens with two attached hydrogens (primary N) is 1. The molecule has 0 saturated carbocycles. The maximum atomic E-state index is 5.68. The number of hydrogen-bond acceptors (Lipinski definition) is 2. The molecular formula is C15H18N2. The van der Waals surface area contributed by atoms with E-state index in [4.69, 9.17) is 5.73 Å². The minimum Gasteiger partial charge on any atom is -0.399 e. The van der Waals surface area contributed by atoms with Crippen molar-refractivity contribution in [3.63, 3.8) is 0 Å². The third kappa shape index (κ3) is 3.00. The number of hydrogen-bond donors (Lipinski definition) is 1. The minimum atomic E-state index is 0.816. The SMILES string of the molecule is CN(C)c1cccc(Cc2ccc(N)cc2)c1. The van der Waals surface area contributed by atoms with E-state index in [1.54, 1.807) is 0 Å². The highest BCUT2D eigenvalue weighted by Crippen LogP contribution is 2.17. The van der Waals surface area contributed by atoms with Crippen LogP contribution in [0.4, 0.5) is 11.4 Å². The molecule has 0 bridgehead atoms. The van der Waals surface area contributed by atoms with Crippen LogP contribution in [0.25, 0.3) is 0 Å². The number of benzene rings is 2. The van der Waals surface area contributed by atoms with E-state index in [9.17, 15) is 0 Å². The van der Waals surface area contributed by atoms with E-state index in [1.165, 1.54) is 16.8 Å². The fraction of sp³-hybridized carbons (Fsp3) is 0.200. The van der Waals surface area contributed by atoms with E-state index in [1.807, 2.05) is 12.1 Å². The standard InChI is InChI=1S/C15H18N2/c1-17(2)15-5-3-4-13(11-15)10-12-6-8-14(16)9-7-12/h3-9,11H,10,16H2,1-2H3. The van der Waals surface area contributed by atoms with Crippen molar-refractivity contribution >= 4 is 11.4 Å². The fourth-order valence-corrected chi connectivity index (χ4v) is 1.82. The number of nitrogens with zero attached hydrogens (tertiary/aromatic N) is 1. The van der Waals surface area contributed by atoms with Crippen molar-refractivity contribution in [1.82, 2.24) is 0 Å². The van der Waals surface area contributed by atoms with Gasteiger partial charge >= 0.3 is 0 Å². The van der Waals surface area contributed by atoms with Crippen LogP contribution in [0.2, 0.25) is 0 Å². The highest BCUT2D eigenvalue weighted by molar-refractivity contribution is 5.48. The summed E-state index contributed by atoms with van der Waals surface area (Å²) in [7, 11) is 4.12. The van der Waals surface area contributed by atoms with Gasteiger partial charge in [0.2, 0.25) is 0 Å². The first-order valence-corrected chi connectivity index (χ1v) is 5.76. The van der Waals surface area contributed by atoms with Crippen LogP contribution in [0.5, 0.6) is 0 Å². The summed E-state index contributed by atoms with van der Waals surface area (Å²) < 4.78 is 0. The van der Waals surface area contributed by atoms with Gasteiger partial charge in [-0.2, -0.15) is 0 Å². The number of anilines is 2. The molecule has 2 heteroatoms. The van der Waals surface area contributed by atoms with Gasteiger partial charge in [0.15, 0.2) is 0 Å². The third-order valence-electron chi connectivity index (χ3n) is 2.81. The van der Waals surface area contributed by atoms with Gasteiger partial charge in [-0.15, -0.1) is 0 Å². The molecule has 2 N–H and O–H groups in total. The Balaban J connectivity index is 2.18. The van der Waals surface area contributed by atoms with Crippen molar-refractivity contribution in [2.75, 3.05) is 24.7 Å². The quantitative estimate of drug-likeness (QED) is 0.815. The number of nitrogen functional groups attached to an aromatic ring is 1. The molecule has 0 atom stereocenters. The molecule has 0 radical (unpaired) electrons. The van der Waals surface area contributed by atoms with E-state index in [0.717, 1.165) is 12.1 Å². The average Bonchev–Trinajstić information content (AvgIpc) is 2.32. The lowest BCUT2D eigenvalue weighted by Crippen LogP contribution is -2.08. The third-order valence-corrected chi connectivity index (χ3v) is 2.81. The summed E-state index contributed by atoms with van der Waals surface area (Å²) in [6, 6.07) is 16.7. The molecule has 88 valence electrons. The zero-order valence-electron chi connectivity index (χ0n) is 10.4. The summed E-state index contributed by atoms with van der Waals surface area (Å²) in [6.45, 7) is 0. The normalized spacial score (nSPS) is 10.2. The average molecular weight is 226 g/mol. The van der Waals surface area contributed by atoms with Crippen LogP contribution in [-0.4, -0.2) is 14.1 Å². The molecule has 0 aliphatic rings. The molecule has 0 unspecified atom stereocenters. The van der Waals surface area contributed by atoms with Crippen LogP contribution in [0, 0.1) is 0 Å². The molecule has 0 fully saturated rings. The molecule has 2 aromatic carbocycles. The Morgan fingerprint density at radius 2 is 1.65 bits per heavy atom. The predicted molar refractivity (Wildman–Crippen MR) is 74.4 cm³/mol. The molecule has 0 aliphatic heterocycles. The molecule has 0 aliphatic carbocycles. The first-order valence-electron chi connectivity index (χ1n) is 5.76. The van der Waals surface area contributed by atoms with Crippen LogP contribution in [0.3, 0.4) is 0 Å². The van der Waals surface area contributed by atoms with Gasteiger partial charge in [-0.05, 0) is 41.8 Å². The summed E-state index contributed by atoms with van der Waals surface area (Å²) in [4.78, 5) is 2.12. The lowest BCUT2D eigenvalue weighted by molar-refractivity contribution is 1.11. The van der Waals surface area contributed by atoms with E-state index >= 15 is 0 Å². The predicted octanol–water partition coefficient (Wildman–Crippen LogP) is 2.93. The molecule has 2 aromatic rings. The van der Waals surface area contributed by atoms with Crippen molar-refractivity contribution in [1.29, 1.82) is 0 Å². The molecular weight excluding hydrogens is 208 g/mol. The van der Waals surface area contributed by atoms with Gasteiger partial charge in [-0.25, -0.2) is 0 Å². The molecule has 2 nitrogen and oxygen atoms in total. The molecule has 17 heavy (non-hydrogen) atoms. The lowest BCUT2D eigenvalue weighted by atomic mass is 10.0. The second-order valence-electron chi connectivity index (χ2n) is 4.48. The highest BCUT2D eigenvalue weighted by atomic mass is 15.1. The smallest absolute Gasteiger partial charge is 0.0363 e. The lowest BCUT2D eigenvalue weighted by Gasteiger charge is -2.13. The topological polar surface area (TPSA) is 29.3 Å². The van der Waals surface area contributed by atoms with Crippen LogP contribution < -0.4 is 10.6 Å². The molecule has 0 saturated heterocycles. The van der Waals surface area contributed by atoms with E-state index in [2.05, 4.69) is 55.4 Å². The second kappa shape index (κ2) is 4.91. The summed E-state index contributed by atoms with van der Waals surface area (Å²) in [5.41, 5.74) is 10.3. The Morgan fingerprint density at radius 3 is 2.29 bits per heavy atom. The van der Waals surface area contributed by atoms with E-state index in [0.29, 0.717) is 0 Å². The van der Waals surface area contributed by atoms with Crippen LogP contribution in [0.15, 0.2) is 48.5 Å². The fourth-order valence-electron chi connectivity index (χ4n) is 1.82. The Bertz CT molecular complexity index is 487. The van der Waals surface area contributed by atoms with Crippen LogP contribution in [0.1, 0.15) is 11.1 Å². The van der Waals surface area contributed by atoms with Gasteiger partial charge < -0.3 is 10.6 Å². The van der Waals surface area contributed by atoms with Crippen molar-refractivity contribution in [3.05, 3.63) is 59.7 Å². The second-order valence-corrected chi connectivity index (χ2v) is 4.48. The van der Waals surface area contributed by atoms with Gasteiger partial charge in [0.1, 0.15) is 0 Å². The minimum absolute atomic E-state index is 0.816. The maximum Gasteiger partial charge on any atom is 0.0363 e. The number of rotatable bonds is 3. The molecule has 0 amide bonds. The maximum absolute atomic E-state index is 5.68. The van der Waals surface area contributed by atoms with Crippen molar-refractivity contribution in [2.45, 2.75) is 6.42 Å². The summed E-state index contributed by atoms with van der Waals surface area (Å²) in [6.07, 6.45) is 0.946. The summed E-state index contributed by atoms with van der Waals surface area (Å²) >= 11 is 0. The summed E-state index contributed by atoms with van der Waals surface area (Å²) in [5.74, 6) is 0. The molecule has 0 heterocycles.